The molecule has 0 aliphatic carbocycles. The third-order valence-corrected chi connectivity index (χ3v) is 5.03. The molecule has 0 spiro atoms. The third kappa shape index (κ3) is 2.91. The number of aryl methyl sites for hydroxylation is 2. The van der Waals surface area contributed by atoms with Gasteiger partial charge < -0.3 is 4.57 Å². The summed E-state index contributed by atoms with van der Waals surface area (Å²) in [7, 11) is 0. The van der Waals surface area contributed by atoms with Gasteiger partial charge >= 0.3 is 0 Å². The van der Waals surface area contributed by atoms with E-state index in [9.17, 15) is 9.59 Å². The van der Waals surface area contributed by atoms with Gasteiger partial charge in [0.1, 0.15) is 5.57 Å². The number of nitrogens with one attached hydrogen (secondary N) is 1. The summed E-state index contributed by atoms with van der Waals surface area (Å²) < 4.78 is 2.15. The lowest BCUT2D eigenvalue weighted by Crippen LogP contribution is -2.35. The number of nitrogens with zero attached hydrogens (tertiary/aromatic N) is 2. The normalized spacial score (nSPS) is 15.4. The van der Waals surface area contributed by atoms with Crippen LogP contribution in [0.15, 0.2) is 66.2 Å². The van der Waals surface area contributed by atoms with Crippen molar-refractivity contribution in [1.82, 2.24) is 9.99 Å². The molecule has 0 atom stereocenters. The molecule has 5 nitrogen and oxygen atoms in total. The van der Waals surface area contributed by atoms with Crippen LogP contribution < -0.4 is 10.4 Å². The highest BCUT2D eigenvalue weighted by Gasteiger charge is 2.34. The largest absolute Gasteiger partial charge is 0.318 e. The number of aromatic nitrogens is 1. The first-order valence-electron chi connectivity index (χ1n) is 9.14. The lowest BCUT2D eigenvalue weighted by molar-refractivity contribution is -0.117. The van der Waals surface area contributed by atoms with E-state index in [1.807, 2.05) is 50.2 Å². The van der Waals surface area contributed by atoms with Crippen molar-refractivity contribution in [3.05, 3.63) is 88.8 Å². The van der Waals surface area contributed by atoms with Gasteiger partial charge in [0.25, 0.3) is 11.8 Å². The first kappa shape index (κ1) is 17.8. The van der Waals surface area contributed by atoms with Gasteiger partial charge in [-0.15, -0.1) is 0 Å². The molecule has 0 saturated carbocycles. The molecule has 0 bridgehead atoms. The summed E-state index contributed by atoms with van der Waals surface area (Å²) in [5.74, 6) is -0.744. The Morgan fingerprint density at radius 3 is 2.29 bits per heavy atom. The number of hydrazine groups is 1. The molecule has 5 heteroatoms. The second-order valence-corrected chi connectivity index (χ2v) is 6.92. The van der Waals surface area contributed by atoms with Crippen molar-refractivity contribution < 1.29 is 9.59 Å². The Morgan fingerprint density at radius 2 is 1.57 bits per heavy atom. The highest BCUT2D eigenvalue weighted by molar-refractivity contribution is 6.31. The molecule has 1 aliphatic rings. The Balaban J connectivity index is 1.74. The van der Waals surface area contributed by atoms with E-state index in [0.29, 0.717) is 5.69 Å². The predicted molar refractivity (Wildman–Crippen MR) is 110 cm³/mol. The molecule has 1 aromatic heterocycles. The Morgan fingerprint density at radius 1 is 0.893 bits per heavy atom. The van der Waals surface area contributed by atoms with Gasteiger partial charge in [0, 0.05) is 17.1 Å². The lowest BCUT2D eigenvalue weighted by Gasteiger charge is -2.13. The SMILES string of the molecule is Cc1ccccc1-n1c(C)cc(/C=C2/C(=O)NN(c3ccccc3)C2=O)c1C. The second kappa shape index (κ2) is 6.85. The lowest BCUT2D eigenvalue weighted by atomic mass is 10.1. The third-order valence-electron chi connectivity index (χ3n) is 5.03. The van der Waals surface area contributed by atoms with Crippen LogP contribution in [0.25, 0.3) is 11.8 Å². The van der Waals surface area contributed by atoms with Crippen molar-refractivity contribution in [1.29, 1.82) is 0 Å². The number of hydrogen-bond acceptors (Lipinski definition) is 2. The molecule has 0 unspecified atom stereocenters. The number of rotatable bonds is 3. The van der Waals surface area contributed by atoms with Crippen LogP contribution in [0.5, 0.6) is 0 Å². The van der Waals surface area contributed by atoms with Crippen molar-refractivity contribution in [2.24, 2.45) is 0 Å². The summed E-state index contributed by atoms with van der Waals surface area (Å²) in [6.45, 7) is 6.09. The number of carbonyl (C=O) groups excluding carboxylic acids is 2. The molecule has 4 rings (SSSR count). The van der Waals surface area contributed by atoms with Crippen LogP contribution >= 0.6 is 0 Å². The first-order valence-corrected chi connectivity index (χ1v) is 9.14. The molecule has 3 aromatic rings. The van der Waals surface area contributed by atoms with E-state index in [2.05, 4.69) is 29.0 Å². The van der Waals surface area contributed by atoms with Gasteiger partial charge in [-0.05, 0) is 62.2 Å². The summed E-state index contributed by atoms with van der Waals surface area (Å²) in [4.78, 5) is 25.3. The molecule has 1 saturated heterocycles. The number of amides is 2. The fourth-order valence-corrected chi connectivity index (χ4v) is 3.59. The Hall–Kier alpha value is -3.60. The van der Waals surface area contributed by atoms with Crippen LogP contribution in [0.2, 0.25) is 0 Å². The monoisotopic (exact) mass is 371 g/mol. The van der Waals surface area contributed by atoms with E-state index < -0.39 is 5.91 Å². The molecule has 0 radical (unpaired) electrons. The number of hydrogen-bond donors (Lipinski definition) is 1. The first-order chi connectivity index (χ1) is 13.5. The highest BCUT2D eigenvalue weighted by atomic mass is 16.2. The maximum absolute atomic E-state index is 12.8. The van der Waals surface area contributed by atoms with E-state index in [4.69, 9.17) is 0 Å². The number of para-hydroxylation sites is 2. The number of anilines is 1. The van der Waals surface area contributed by atoms with E-state index >= 15 is 0 Å². The molecule has 2 heterocycles. The minimum Gasteiger partial charge on any atom is -0.318 e. The van der Waals surface area contributed by atoms with Gasteiger partial charge in [0.2, 0.25) is 0 Å². The summed E-state index contributed by atoms with van der Waals surface area (Å²) in [5.41, 5.74) is 8.55. The molecule has 28 heavy (non-hydrogen) atoms. The van der Waals surface area contributed by atoms with Crippen molar-refractivity contribution >= 4 is 23.6 Å². The Kier molecular flexibility index (Phi) is 4.35. The number of carbonyl (C=O) groups is 2. The van der Waals surface area contributed by atoms with E-state index in [1.165, 1.54) is 5.01 Å². The zero-order valence-corrected chi connectivity index (χ0v) is 16.1. The van der Waals surface area contributed by atoms with Gasteiger partial charge in [-0.2, -0.15) is 0 Å². The van der Waals surface area contributed by atoms with Crippen molar-refractivity contribution in [3.63, 3.8) is 0 Å². The second-order valence-electron chi connectivity index (χ2n) is 6.92. The van der Waals surface area contributed by atoms with Crippen LogP contribution in [0.4, 0.5) is 5.69 Å². The highest BCUT2D eigenvalue weighted by Crippen LogP contribution is 2.27. The van der Waals surface area contributed by atoms with Crippen LogP contribution in [0, 0.1) is 20.8 Å². The summed E-state index contributed by atoms with van der Waals surface area (Å²) in [6, 6.07) is 19.2. The van der Waals surface area contributed by atoms with Gasteiger partial charge in [-0.25, -0.2) is 5.01 Å². The fraction of sp³-hybridized carbons (Fsp3) is 0.130. The average Bonchev–Trinajstić information content (AvgIpc) is 3.13. The molecule has 1 fully saturated rings. The van der Waals surface area contributed by atoms with Gasteiger partial charge in [0.15, 0.2) is 0 Å². The Bertz CT molecular complexity index is 1110. The molecule has 2 aromatic carbocycles. The van der Waals surface area contributed by atoms with Gasteiger partial charge in [-0.1, -0.05) is 36.4 Å². The zero-order chi connectivity index (χ0) is 19.8. The fourth-order valence-electron chi connectivity index (χ4n) is 3.59. The standard InChI is InChI=1S/C23H21N3O2/c1-15-9-7-8-12-21(15)25-16(2)13-18(17(25)3)14-20-22(27)24-26(23(20)28)19-10-5-4-6-11-19/h4-14H,1-3H3,(H,24,27)/b20-14-. The van der Waals surface area contributed by atoms with Gasteiger partial charge in [0.05, 0.1) is 5.69 Å². The van der Waals surface area contributed by atoms with Crippen LogP contribution in [-0.2, 0) is 9.59 Å². The van der Waals surface area contributed by atoms with E-state index in [0.717, 1.165) is 28.2 Å². The summed E-state index contributed by atoms with van der Waals surface area (Å²) in [6.07, 6.45) is 1.68. The van der Waals surface area contributed by atoms with Crippen LogP contribution in [0.3, 0.4) is 0 Å². The quantitative estimate of drug-likeness (QED) is 0.561. The molecule has 1 aliphatic heterocycles. The summed E-state index contributed by atoms with van der Waals surface area (Å²) in [5, 5.41) is 1.29. The minimum atomic E-state index is -0.394. The topological polar surface area (TPSA) is 54.3 Å². The molecular formula is C23H21N3O2. The maximum atomic E-state index is 12.8. The predicted octanol–water partition coefficient (Wildman–Crippen LogP) is 3.86. The molecule has 1 N–H and O–H groups in total. The summed E-state index contributed by atoms with van der Waals surface area (Å²) >= 11 is 0. The van der Waals surface area contributed by atoms with Gasteiger partial charge in [-0.3, -0.25) is 15.0 Å². The van der Waals surface area contributed by atoms with Crippen molar-refractivity contribution in [3.8, 4) is 5.69 Å². The van der Waals surface area contributed by atoms with Crippen molar-refractivity contribution in [2.75, 3.05) is 5.01 Å². The zero-order valence-electron chi connectivity index (χ0n) is 16.1. The molecular weight excluding hydrogens is 350 g/mol. The average molecular weight is 371 g/mol. The Labute approximate surface area is 163 Å². The smallest absolute Gasteiger partial charge is 0.282 e. The molecule has 2 amide bonds. The minimum absolute atomic E-state index is 0.133. The van der Waals surface area contributed by atoms with E-state index in [-0.39, 0.29) is 11.5 Å². The maximum Gasteiger partial charge on any atom is 0.282 e. The van der Waals surface area contributed by atoms with E-state index in [1.54, 1.807) is 18.2 Å². The van der Waals surface area contributed by atoms with Crippen LogP contribution in [-0.4, -0.2) is 16.4 Å². The number of benzene rings is 2. The van der Waals surface area contributed by atoms with Crippen molar-refractivity contribution in [2.45, 2.75) is 20.8 Å². The molecule has 140 valence electrons. The van der Waals surface area contributed by atoms with Crippen LogP contribution in [0.1, 0.15) is 22.5 Å².